The highest BCUT2D eigenvalue weighted by Crippen LogP contribution is 2.12. The highest BCUT2D eigenvalue weighted by atomic mass is 16.5. The van der Waals surface area contributed by atoms with E-state index in [1.807, 2.05) is 34.6 Å². The molecule has 0 unspecified atom stereocenters. The zero-order valence-corrected chi connectivity index (χ0v) is 12.9. The van der Waals surface area contributed by atoms with E-state index >= 15 is 0 Å². The van der Waals surface area contributed by atoms with Gasteiger partial charge in [-0.05, 0) is 5.92 Å². The smallest absolute Gasteiger partial charge is 0.225 e. The van der Waals surface area contributed by atoms with Gasteiger partial charge in [0.05, 0.1) is 13.2 Å². The van der Waals surface area contributed by atoms with Gasteiger partial charge in [-0.3, -0.25) is 9.59 Å². The lowest BCUT2D eigenvalue weighted by Gasteiger charge is -2.17. The maximum atomic E-state index is 11.8. The van der Waals surface area contributed by atoms with Crippen molar-refractivity contribution in [2.24, 2.45) is 11.3 Å². The van der Waals surface area contributed by atoms with Crippen molar-refractivity contribution in [3.63, 3.8) is 0 Å². The Bertz CT molecular complexity index is 513. The number of carbonyl (C=O) groups excluding carboxylic acids is 1. The van der Waals surface area contributed by atoms with E-state index in [-0.39, 0.29) is 11.3 Å². The lowest BCUT2D eigenvalue weighted by Crippen LogP contribution is -2.34. The van der Waals surface area contributed by atoms with Crippen LogP contribution in [-0.2, 0) is 11.3 Å². The van der Waals surface area contributed by atoms with E-state index < -0.39 is 5.41 Å². The fraction of sp³-hybridized carbons (Fsp3) is 0.600. The summed E-state index contributed by atoms with van der Waals surface area (Å²) in [5.41, 5.74) is 0.0366. The zero-order chi connectivity index (χ0) is 15.3. The van der Waals surface area contributed by atoms with Crippen molar-refractivity contribution >= 4 is 5.91 Å². The molecule has 0 atom stereocenters. The van der Waals surface area contributed by atoms with E-state index in [0.29, 0.717) is 30.5 Å². The topological polar surface area (TPSA) is 71.2 Å². The molecule has 0 aromatic carbocycles. The molecule has 0 aliphatic carbocycles. The van der Waals surface area contributed by atoms with Crippen molar-refractivity contribution in [3.8, 4) is 5.75 Å². The molecule has 0 aliphatic heterocycles. The van der Waals surface area contributed by atoms with Crippen LogP contribution in [0.1, 0.15) is 40.3 Å². The van der Waals surface area contributed by atoms with Crippen LogP contribution in [0.25, 0.3) is 0 Å². The third kappa shape index (κ3) is 5.07. The standard InChI is InChI=1S/C15H24N2O3/c1-10(2)9-20-13-8-16-11(6-12(13)18)7-17-14(19)15(3,4)5/h6,8,10H,7,9H2,1-5H3,(H,16,18)(H,17,19). The number of nitrogens with one attached hydrogen (secondary N) is 2. The lowest BCUT2D eigenvalue weighted by molar-refractivity contribution is -0.128. The van der Waals surface area contributed by atoms with E-state index in [4.69, 9.17) is 4.74 Å². The Morgan fingerprint density at radius 2 is 2.05 bits per heavy atom. The number of rotatable bonds is 5. The van der Waals surface area contributed by atoms with Gasteiger partial charge in [-0.15, -0.1) is 0 Å². The second kappa shape index (κ2) is 6.59. The van der Waals surface area contributed by atoms with Crippen molar-refractivity contribution in [2.45, 2.75) is 41.2 Å². The van der Waals surface area contributed by atoms with Gasteiger partial charge < -0.3 is 15.0 Å². The van der Waals surface area contributed by atoms with Gasteiger partial charge in [0.1, 0.15) is 0 Å². The predicted octanol–water partition coefficient (Wildman–Crippen LogP) is 2.07. The Morgan fingerprint density at radius 3 is 2.55 bits per heavy atom. The molecule has 0 saturated carbocycles. The maximum absolute atomic E-state index is 11.8. The van der Waals surface area contributed by atoms with Crippen LogP contribution >= 0.6 is 0 Å². The SMILES string of the molecule is CC(C)COc1c[nH]c(CNC(=O)C(C)(C)C)cc1=O. The zero-order valence-electron chi connectivity index (χ0n) is 12.9. The molecular weight excluding hydrogens is 256 g/mol. The predicted molar refractivity (Wildman–Crippen MR) is 78.7 cm³/mol. The number of hydrogen-bond acceptors (Lipinski definition) is 3. The lowest BCUT2D eigenvalue weighted by atomic mass is 9.96. The van der Waals surface area contributed by atoms with Gasteiger partial charge in [-0.25, -0.2) is 0 Å². The second-order valence-electron chi connectivity index (χ2n) is 6.32. The van der Waals surface area contributed by atoms with Crippen LogP contribution in [0.4, 0.5) is 0 Å². The first-order valence-electron chi connectivity index (χ1n) is 6.83. The number of aromatic nitrogens is 1. The normalized spacial score (nSPS) is 11.5. The van der Waals surface area contributed by atoms with Gasteiger partial charge >= 0.3 is 0 Å². The van der Waals surface area contributed by atoms with Crippen LogP contribution in [0.3, 0.4) is 0 Å². The van der Waals surface area contributed by atoms with E-state index in [1.165, 1.54) is 6.07 Å². The minimum atomic E-state index is -0.444. The highest BCUT2D eigenvalue weighted by molar-refractivity contribution is 5.81. The highest BCUT2D eigenvalue weighted by Gasteiger charge is 2.20. The Hall–Kier alpha value is -1.78. The number of carbonyl (C=O) groups is 1. The summed E-state index contributed by atoms with van der Waals surface area (Å²) < 4.78 is 5.40. The minimum Gasteiger partial charge on any atom is -0.488 e. The summed E-state index contributed by atoms with van der Waals surface area (Å²) in [4.78, 5) is 26.5. The third-order valence-corrected chi connectivity index (χ3v) is 2.63. The summed E-state index contributed by atoms with van der Waals surface area (Å²) in [7, 11) is 0. The van der Waals surface area contributed by atoms with Crippen molar-refractivity contribution in [1.29, 1.82) is 0 Å². The summed E-state index contributed by atoms with van der Waals surface area (Å²) in [6.45, 7) is 10.4. The molecule has 5 nitrogen and oxygen atoms in total. The molecule has 112 valence electrons. The van der Waals surface area contributed by atoms with Gasteiger partial charge in [-0.1, -0.05) is 34.6 Å². The summed E-state index contributed by atoms with van der Waals surface area (Å²) in [5.74, 6) is 0.614. The van der Waals surface area contributed by atoms with Gasteiger partial charge in [0.25, 0.3) is 0 Å². The van der Waals surface area contributed by atoms with Gasteiger partial charge in [0.2, 0.25) is 11.3 Å². The summed E-state index contributed by atoms with van der Waals surface area (Å²) in [6, 6.07) is 1.46. The Kier molecular flexibility index (Phi) is 5.36. The van der Waals surface area contributed by atoms with Crippen LogP contribution in [0.15, 0.2) is 17.1 Å². The molecule has 1 amide bonds. The minimum absolute atomic E-state index is 0.0570. The average Bonchev–Trinajstić information content (AvgIpc) is 2.33. The first-order valence-corrected chi connectivity index (χ1v) is 6.83. The number of pyridine rings is 1. The van der Waals surface area contributed by atoms with Crippen LogP contribution in [0.5, 0.6) is 5.75 Å². The number of H-pyrrole nitrogens is 1. The largest absolute Gasteiger partial charge is 0.488 e. The number of ether oxygens (including phenoxy) is 1. The summed E-state index contributed by atoms with van der Waals surface area (Å²) >= 11 is 0. The molecule has 1 aromatic rings. The molecule has 0 saturated heterocycles. The Labute approximate surface area is 119 Å². The van der Waals surface area contributed by atoms with E-state index in [0.717, 1.165) is 0 Å². The molecule has 0 fully saturated rings. The van der Waals surface area contributed by atoms with Gasteiger partial charge in [0.15, 0.2) is 5.75 Å². The fourth-order valence-corrected chi connectivity index (χ4v) is 1.41. The van der Waals surface area contributed by atoms with Crippen LogP contribution in [-0.4, -0.2) is 17.5 Å². The molecule has 1 aromatic heterocycles. The summed E-state index contributed by atoms with van der Waals surface area (Å²) in [6.07, 6.45) is 1.54. The molecule has 5 heteroatoms. The van der Waals surface area contributed by atoms with Gasteiger partial charge in [0, 0.05) is 23.4 Å². The summed E-state index contributed by atoms with van der Waals surface area (Å²) in [5, 5.41) is 2.79. The molecule has 1 heterocycles. The van der Waals surface area contributed by atoms with Crippen molar-refractivity contribution in [1.82, 2.24) is 10.3 Å². The van der Waals surface area contributed by atoms with Crippen molar-refractivity contribution in [2.75, 3.05) is 6.61 Å². The average molecular weight is 280 g/mol. The van der Waals surface area contributed by atoms with Crippen LogP contribution in [0, 0.1) is 11.3 Å². The fourth-order valence-electron chi connectivity index (χ4n) is 1.41. The van der Waals surface area contributed by atoms with Crippen LogP contribution in [0.2, 0.25) is 0 Å². The number of aromatic amines is 1. The van der Waals surface area contributed by atoms with Gasteiger partial charge in [-0.2, -0.15) is 0 Å². The Balaban J connectivity index is 2.64. The second-order valence-corrected chi connectivity index (χ2v) is 6.32. The monoisotopic (exact) mass is 280 g/mol. The molecule has 0 radical (unpaired) electrons. The molecule has 0 aliphatic rings. The van der Waals surface area contributed by atoms with Crippen molar-refractivity contribution < 1.29 is 9.53 Å². The van der Waals surface area contributed by atoms with E-state index in [1.54, 1.807) is 6.20 Å². The molecule has 1 rings (SSSR count). The number of amides is 1. The first kappa shape index (κ1) is 16.3. The Morgan fingerprint density at radius 1 is 1.40 bits per heavy atom. The third-order valence-electron chi connectivity index (χ3n) is 2.63. The molecule has 0 bridgehead atoms. The van der Waals surface area contributed by atoms with E-state index in [9.17, 15) is 9.59 Å². The maximum Gasteiger partial charge on any atom is 0.225 e. The van der Waals surface area contributed by atoms with Crippen LogP contribution < -0.4 is 15.5 Å². The quantitative estimate of drug-likeness (QED) is 0.867. The molecule has 2 N–H and O–H groups in total. The number of hydrogen-bond donors (Lipinski definition) is 2. The van der Waals surface area contributed by atoms with Crippen molar-refractivity contribution in [3.05, 3.63) is 28.2 Å². The molecular formula is C15H24N2O3. The molecule has 20 heavy (non-hydrogen) atoms. The van der Waals surface area contributed by atoms with E-state index in [2.05, 4.69) is 10.3 Å². The molecule has 0 spiro atoms. The first-order chi connectivity index (χ1) is 9.20.